The van der Waals surface area contributed by atoms with Gasteiger partial charge >= 0.3 is 0 Å². The second kappa shape index (κ2) is 7.33. The Morgan fingerprint density at radius 2 is 1.32 bits per heavy atom. The molecule has 0 saturated heterocycles. The summed E-state index contributed by atoms with van der Waals surface area (Å²) in [6.45, 7) is 29.9. The zero-order chi connectivity index (χ0) is 18.0. The molecule has 0 amide bonds. The van der Waals surface area contributed by atoms with Gasteiger partial charge in [-0.25, -0.2) is 0 Å². The molecule has 2 nitrogen and oxygen atoms in total. The van der Waals surface area contributed by atoms with Crippen LogP contribution >= 0.6 is 0 Å². The SMILES string of the molecule is C=C(C)[C@H](CCO[Si](C)(C)C(C)(C)C)O[Si](C)(C)C(C)(C)C. The lowest BCUT2D eigenvalue weighted by atomic mass is 10.1. The summed E-state index contributed by atoms with van der Waals surface area (Å²) in [7, 11) is -3.44. The van der Waals surface area contributed by atoms with Crippen molar-refractivity contribution in [3.63, 3.8) is 0 Å². The first-order chi connectivity index (χ1) is 9.51. The molecule has 1 atom stereocenters. The summed E-state index contributed by atoms with van der Waals surface area (Å²) >= 11 is 0. The van der Waals surface area contributed by atoms with Crippen LogP contribution in [0.25, 0.3) is 0 Å². The van der Waals surface area contributed by atoms with Crippen LogP contribution in [-0.2, 0) is 8.85 Å². The smallest absolute Gasteiger partial charge is 0.192 e. The monoisotopic (exact) mass is 344 g/mol. The van der Waals surface area contributed by atoms with E-state index in [1.165, 1.54) is 0 Å². The van der Waals surface area contributed by atoms with E-state index in [1.807, 2.05) is 0 Å². The Morgan fingerprint density at radius 3 is 1.64 bits per heavy atom. The Balaban J connectivity index is 4.74. The first-order valence-electron chi connectivity index (χ1n) is 8.48. The molecule has 22 heavy (non-hydrogen) atoms. The molecular weight excluding hydrogens is 304 g/mol. The Hall–Kier alpha value is 0.0938. The average Bonchev–Trinajstić information content (AvgIpc) is 2.23. The van der Waals surface area contributed by atoms with E-state index >= 15 is 0 Å². The van der Waals surface area contributed by atoms with Crippen LogP contribution in [-0.4, -0.2) is 29.3 Å². The predicted molar refractivity (Wildman–Crippen MR) is 105 cm³/mol. The molecule has 0 bridgehead atoms. The Kier molecular flexibility index (Phi) is 7.36. The molecule has 0 fully saturated rings. The van der Waals surface area contributed by atoms with Gasteiger partial charge < -0.3 is 8.85 Å². The molecule has 0 rings (SSSR count). The molecule has 4 heteroatoms. The van der Waals surface area contributed by atoms with Crippen molar-refractivity contribution in [1.82, 2.24) is 0 Å². The summed E-state index contributed by atoms with van der Waals surface area (Å²) in [6.07, 6.45) is 1.03. The fraction of sp³-hybridized carbons (Fsp3) is 0.889. The fourth-order valence-electron chi connectivity index (χ4n) is 1.58. The molecule has 0 aliphatic heterocycles. The molecule has 0 heterocycles. The van der Waals surface area contributed by atoms with E-state index < -0.39 is 16.6 Å². The Morgan fingerprint density at radius 1 is 0.909 bits per heavy atom. The maximum absolute atomic E-state index is 6.54. The van der Waals surface area contributed by atoms with E-state index in [4.69, 9.17) is 8.85 Å². The third-order valence-corrected chi connectivity index (χ3v) is 14.5. The van der Waals surface area contributed by atoms with Gasteiger partial charge in [0.25, 0.3) is 0 Å². The molecule has 0 aromatic carbocycles. The molecule has 0 unspecified atom stereocenters. The molecule has 0 aromatic rings. The van der Waals surface area contributed by atoms with Crippen LogP contribution in [0.15, 0.2) is 12.2 Å². The van der Waals surface area contributed by atoms with Crippen molar-refractivity contribution in [2.45, 2.75) is 97.3 Å². The highest BCUT2D eigenvalue weighted by atomic mass is 28.4. The summed E-state index contributed by atoms with van der Waals surface area (Å²) in [5, 5.41) is 0.479. The van der Waals surface area contributed by atoms with Crippen LogP contribution < -0.4 is 0 Å². The van der Waals surface area contributed by atoms with Crippen LogP contribution in [0.5, 0.6) is 0 Å². The topological polar surface area (TPSA) is 18.5 Å². The van der Waals surface area contributed by atoms with Crippen molar-refractivity contribution in [2.75, 3.05) is 6.61 Å². The van der Waals surface area contributed by atoms with Crippen molar-refractivity contribution >= 4 is 16.6 Å². The lowest BCUT2D eigenvalue weighted by molar-refractivity contribution is 0.168. The highest BCUT2D eigenvalue weighted by Gasteiger charge is 2.40. The van der Waals surface area contributed by atoms with Gasteiger partial charge in [0.1, 0.15) is 0 Å². The summed E-state index contributed by atoms with van der Waals surface area (Å²) in [6, 6.07) is 0. The fourth-order valence-corrected chi connectivity index (χ4v) is 4.02. The van der Waals surface area contributed by atoms with Crippen LogP contribution in [0, 0.1) is 0 Å². The third kappa shape index (κ3) is 6.30. The van der Waals surface area contributed by atoms with E-state index in [-0.39, 0.29) is 16.2 Å². The lowest BCUT2D eigenvalue weighted by Crippen LogP contribution is -2.45. The van der Waals surface area contributed by atoms with Gasteiger partial charge in [-0.15, -0.1) is 0 Å². The molecule has 132 valence electrons. The van der Waals surface area contributed by atoms with Crippen LogP contribution in [0.3, 0.4) is 0 Å². The molecular formula is C18H40O2Si2. The first-order valence-corrected chi connectivity index (χ1v) is 14.3. The van der Waals surface area contributed by atoms with E-state index in [0.29, 0.717) is 0 Å². The second-order valence-electron chi connectivity index (χ2n) is 9.61. The van der Waals surface area contributed by atoms with Crippen LogP contribution in [0.1, 0.15) is 54.9 Å². The van der Waals surface area contributed by atoms with Crippen LogP contribution in [0.2, 0.25) is 36.3 Å². The van der Waals surface area contributed by atoms with Crippen LogP contribution in [0.4, 0.5) is 0 Å². The molecule has 0 saturated carbocycles. The zero-order valence-electron chi connectivity index (χ0n) is 17.0. The number of hydrogen-bond acceptors (Lipinski definition) is 2. The van der Waals surface area contributed by atoms with Gasteiger partial charge in [-0.1, -0.05) is 53.7 Å². The van der Waals surface area contributed by atoms with Gasteiger partial charge in [0.2, 0.25) is 0 Å². The quantitative estimate of drug-likeness (QED) is 0.395. The molecule has 0 aliphatic rings. The molecule has 0 aromatic heterocycles. The van der Waals surface area contributed by atoms with E-state index in [0.717, 1.165) is 18.6 Å². The lowest BCUT2D eigenvalue weighted by Gasteiger charge is -2.40. The minimum Gasteiger partial charge on any atom is -0.417 e. The molecule has 0 N–H and O–H groups in total. The van der Waals surface area contributed by atoms with Gasteiger partial charge in [-0.3, -0.25) is 0 Å². The maximum atomic E-state index is 6.54. The Labute approximate surface area is 141 Å². The minimum atomic E-state index is -1.77. The van der Waals surface area contributed by atoms with Crippen molar-refractivity contribution in [3.05, 3.63) is 12.2 Å². The normalized spacial score (nSPS) is 15.8. The van der Waals surface area contributed by atoms with Gasteiger partial charge in [-0.05, 0) is 49.6 Å². The maximum Gasteiger partial charge on any atom is 0.192 e. The molecule has 0 radical (unpaired) electrons. The minimum absolute atomic E-state index is 0.116. The van der Waals surface area contributed by atoms with Gasteiger partial charge in [0, 0.05) is 6.61 Å². The number of rotatable bonds is 7. The first kappa shape index (κ1) is 22.1. The molecule has 0 aliphatic carbocycles. The van der Waals surface area contributed by atoms with Crippen molar-refractivity contribution in [3.8, 4) is 0 Å². The van der Waals surface area contributed by atoms with Crippen molar-refractivity contribution in [2.24, 2.45) is 0 Å². The van der Waals surface area contributed by atoms with Gasteiger partial charge in [0.15, 0.2) is 16.6 Å². The molecule has 0 spiro atoms. The van der Waals surface area contributed by atoms with E-state index in [9.17, 15) is 0 Å². The van der Waals surface area contributed by atoms with Crippen molar-refractivity contribution < 1.29 is 8.85 Å². The van der Waals surface area contributed by atoms with Gasteiger partial charge in [-0.2, -0.15) is 0 Å². The van der Waals surface area contributed by atoms with E-state index in [2.05, 4.69) is 81.2 Å². The highest BCUT2D eigenvalue weighted by molar-refractivity contribution is 6.74. The summed E-state index contributed by atoms with van der Waals surface area (Å²) in [5.74, 6) is 0. The largest absolute Gasteiger partial charge is 0.417 e. The summed E-state index contributed by atoms with van der Waals surface area (Å²) < 4.78 is 12.8. The predicted octanol–water partition coefficient (Wildman–Crippen LogP) is 6.36. The summed E-state index contributed by atoms with van der Waals surface area (Å²) in [5.41, 5.74) is 1.11. The standard InChI is InChI=1S/C18H40O2Si2/c1-15(2)16(20-22(11,12)18(6,7)8)13-14-19-21(9,10)17(3,4)5/h16H,1,13-14H2,2-12H3/t16-/m0/s1. The van der Waals surface area contributed by atoms with Crippen molar-refractivity contribution in [1.29, 1.82) is 0 Å². The highest BCUT2D eigenvalue weighted by Crippen LogP contribution is 2.39. The Bertz CT molecular complexity index is 374. The summed E-state index contributed by atoms with van der Waals surface area (Å²) in [4.78, 5) is 0. The number of hydrogen-bond donors (Lipinski definition) is 0. The average molecular weight is 345 g/mol. The second-order valence-corrected chi connectivity index (χ2v) is 19.2. The van der Waals surface area contributed by atoms with Gasteiger partial charge in [0.05, 0.1) is 6.10 Å². The zero-order valence-corrected chi connectivity index (χ0v) is 19.0. The third-order valence-electron chi connectivity index (χ3n) is 5.44. The van der Waals surface area contributed by atoms with E-state index in [1.54, 1.807) is 0 Å².